The molecule has 0 unspecified atom stereocenters. The molecule has 0 aliphatic carbocycles. The minimum Gasteiger partial charge on any atom is -1.00 e. The summed E-state index contributed by atoms with van der Waals surface area (Å²) >= 11 is 0. The molecule has 13 heavy (non-hydrogen) atoms. The molecule has 0 N–H and O–H groups in total. The van der Waals surface area contributed by atoms with Gasteiger partial charge in [0, 0.05) is 0 Å². The molecule has 0 amide bonds. The quantitative estimate of drug-likeness (QED) is 0.320. The molecule has 0 aliphatic rings. The van der Waals surface area contributed by atoms with Crippen LogP contribution < -0.4 is 50.9 Å². The third kappa shape index (κ3) is 31.7. The van der Waals surface area contributed by atoms with Gasteiger partial charge in [0.05, 0.1) is 0 Å². The predicted octanol–water partition coefficient (Wildman–Crippen LogP) is -5.96. The number of halogens is 3. The van der Waals surface area contributed by atoms with Gasteiger partial charge in [-0.3, -0.25) is 0 Å². The molecule has 0 heterocycles. The Morgan fingerprint density at radius 1 is 1.08 bits per heavy atom. The van der Waals surface area contributed by atoms with Gasteiger partial charge in [0.15, 0.2) is 0 Å². The molecule has 1 rings (SSSR count). The molecule has 0 spiro atoms. The SMILES string of the molecule is [Br-].[Br-].[Br-].[CH2-]CCC.[Ti+3].c1cc[cH-]c1. The normalized spacial score (nSPS) is 5.38. The molecule has 0 aromatic heterocycles. The van der Waals surface area contributed by atoms with Crippen LogP contribution in [0.25, 0.3) is 0 Å². The molecule has 0 aliphatic heterocycles. The van der Waals surface area contributed by atoms with Crippen LogP contribution in [0, 0.1) is 6.92 Å². The Kier molecular flexibility index (Phi) is 65.8. The van der Waals surface area contributed by atoms with Gasteiger partial charge in [-0.25, -0.2) is 12.1 Å². The van der Waals surface area contributed by atoms with E-state index in [2.05, 4.69) is 13.8 Å². The Labute approximate surface area is 128 Å². The largest absolute Gasteiger partial charge is 3.00 e. The Balaban J connectivity index is -0.0000000256. The van der Waals surface area contributed by atoms with Crippen molar-refractivity contribution >= 4 is 0 Å². The monoisotopic (exact) mass is 407 g/mol. The molecular weight excluding hydrogens is 396 g/mol. The molecule has 1 aromatic carbocycles. The molecule has 77 valence electrons. The summed E-state index contributed by atoms with van der Waals surface area (Å²) in [5, 5.41) is 0. The van der Waals surface area contributed by atoms with Crippen molar-refractivity contribution in [2.24, 2.45) is 0 Å². The Hall–Kier alpha value is 1.50. The second kappa shape index (κ2) is 29.2. The molecule has 0 saturated heterocycles. The first-order valence-corrected chi connectivity index (χ1v) is 3.37. The van der Waals surface area contributed by atoms with Gasteiger partial charge in [0.1, 0.15) is 0 Å². The summed E-state index contributed by atoms with van der Waals surface area (Å²) in [7, 11) is 0. The fraction of sp³-hybridized carbons (Fsp3) is 0.333. The average molecular weight is 410 g/mol. The number of unbranched alkanes of at least 4 members (excludes halogenated alkanes) is 1. The summed E-state index contributed by atoms with van der Waals surface area (Å²) in [5.41, 5.74) is 0. The first kappa shape index (κ1) is 29.3. The van der Waals surface area contributed by atoms with E-state index in [0.29, 0.717) is 0 Å². The maximum absolute atomic E-state index is 3.60. The van der Waals surface area contributed by atoms with Crippen molar-refractivity contribution in [1.82, 2.24) is 0 Å². The van der Waals surface area contributed by atoms with Crippen LogP contribution in [0.5, 0.6) is 0 Å². The van der Waals surface area contributed by atoms with E-state index in [1.165, 1.54) is 6.42 Å². The zero-order valence-electron chi connectivity index (χ0n) is 7.64. The summed E-state index contributed by atoms with van der Waals surface area (Å²) in [6.45, 7) is 5.72. The van der Waals surface area contributed by atoms with Crippen molar-refractivity contribution in [3.8, 4) is 0 Å². The average Bonchev–Trinajstić information content (AvgIpc) is 2.43. The van der Waals surface area contributed by atoms with E-state index in [0.717, 1.165) is 6.42 Å². The topological polar surface area (TPSA) is 0 Å². The van der Waals surface area contributed by atoms with Crippen molar-refractivity contribution in [3.05, 3.63) is 37.3 Å². The van der Waals surface area contributed by atoms with Crippen molar-refractivity contribution in [3.63, 3.8) is 0 Å². The Morgan fingerprint density at radius 3 is 1.46 bits per heavy atom. The van der Waals surface area contributed by atoms with E-state index < -0.39 is 0 Å². The standard InChI is InChI=1S/C5H5.C4H9.3BrH.Ti/c1-2-4-5-3-1;1-3-4-2;;;;/h1-5H;1,3-4H2,2H3;3*1H;/q2*-1;;;;+3/p-3. The molecular formula is C9H14Br3Ti-2. The Morgan fingerprint density at radius 2 is 1.38 bits per heavy atom. The van der Waals surface area contributed by atoms with Crippen LogP contribution in [0.4, 0.5) is 0 Å². The second-order valence-electron chi connectivity index (χ2n) is 1.82. The molecule has 0 atom stereocenters. The number of hydrogen-bond acceptors (Lipinski definition) is 0. The number of hydrogen-bond donors (Lipinski definition) is 0. The maximum Gasteiger partial charge on any atom is 3.00 e. The molecule has 0 nitrogen and oxygen atoms in total. The Bertz CT molecular complexity index is 90.4. The fourth-order valence-corrected chi connectivity index (χ4v) is 0.321. The maximum atomic E-state index is 3.60. The van der Waals surface area contributed by atoms with Gasteiger partial charge in [0.25, 0.3) is 0 Å². The first-order chi connectivity index (χ1) is 4.41. The van der Waals surface area contributed by atoms with Crippen LogP contribution in [0.3, 0.4) is 0 Å². The van der Waals surface area contributed by atoms with Gasteiger partial charge in [-0.2, -0.15) is 24.6 Å². The first-order valence-electron chi connectivity index (χ1n) is 3.37. The van der Waals surface area contributed by atoms with Crippen LogP contribution in [-0.4, -0.2) is 0 Å². The van der Waals surface area contributed by atoms with E-state index in [1.54, 1.807) is 0 Å². The van der Waals surface area contributed by atoms with Gasteiger partial charge in [-0.05, 0) is 0 Å². The zero-order chi connectivity index (χ0) is 6.95. The van der Waals surface area contributed by atoms with Crippen LogP contribution in [0.2, 0.25) is 0 Å². The minimum atomic E-state index is 0. The van der Waals surface area contributed by atoms with Gasteiger partial charge < -0.3 is 57.9 Å². The van der Waals surface area contributed by atoms with E-state index >= 15 is 0 Å². The molecule has 0 fully saturated rings. The summed E-state index contributed by atoms with van der Waals surface area (Å²) in [4.78, 5) is 0. The second-order valence-corrected chi connectivity index (χ2v) is 1.82. The minimum absolute atomic E-state index is 0. The summed E-state index contributed by atoms with van der Waals surface area (Å²) < 4.78 is 0. The fourth-order valence-electron chi connectivity index (χ4n) is 0.321. The van der Waals surface area contributed by atoms with Crippen molar-refractivity contribution < 1.29 is 72.7 Å². The summed E-state index contributed by atoms with van der Waals surface area (Å²) in [6, 6.07) is 10.0. The van der Waals surface area contributed by atoms with E-state index in [9.17, 15) is 0 Å². The third-order valence-electron chi connectivity index (χ3n) is 0.909. The van der Waals surface area contributed by atoms with Gasteiger partial charge in [-0.15, -0.1) is 0 Å². The van der Waals surface area contributed by atoms with Crippen molar-refractivity contribution in [2.45, 2.75) is 19.8 Å². The van der Waals surface area contributed by atoms with E-state index in [-0.39, 0.29) is 72.7 Å². The van der Waals surface area contributed by atoms with Crippen LogP contribution >= 0.6 is 0 Å². The van der Waals surface area contributed by atoms with Gasteiger partial charge in [0.2, 0.25) is 0 Å². The molecule has 1 aromatic rings. The molecule has 1 radical (unpaired) electrons. The molecule has 0 saturated carbocycles. The number of rotatable bonds is 1. The van der Waals surface area contributed by atoms with Crippen LogP contribution in [0.15, 0.2) is 30.3 Å². The molecule has 4 heteroatoms. The van der Waals surface area contributed by atoms with Crippen LogP contribution in [-0.2, 0) is 21.7 Å². The van der Waals surface area contributed by atoms with E-state index in [4.69, 9.17) is 0 Å². The van der Waals surface area contributed by atoms with Crippen molar-refractivity contribution in [2.75, 3.05) is 0 Å². The van der Waals surface area contributed by atoms with Crippen molar-refractivity contribution in [1.29, 1.82) is 0 Å². The van der Waals surface area contributed by atoms with E-state index in [1.807, 2.05) is 30.3 Å². The van der Waals surface area contributed by atoms with Crippen LogP contribution in [0.1, 0.15) is 19.8 Å². The third-order valence-corrected chi connectivity index (χ3v) is 0.909. The summed E-state index contributed by atoms with van der Waals surface area (Å²) in [6.07, 6.45) is 2.28. The zero-order valence-corrected chi connectivity index (χ0v) is 14.0. The summed E-state index contributed by atoms with van der Waals surface area (Å²) in [5.74, 6) is 0. The van der Waals surface area contributed by atoms with Gasteiger partial charge >= 0.3 is 21.7 Å². The smallest absolute Gasteiger partial charge is 1.00 e. The van der Waals surface area contributed by atoms with Gasteiger partial charge in [-0.1, -0.05) is 13.3 Å². The molecule has 0 bridgehead atoms. The predicted molar refractivity (Wildman–Crippen MR) is 42.3 cm³/mol.